The van der Waals surface area contributed by atoms with E-state index < -0.39 is 10.0 Å². The molecule has 2 aromatic carbocycles. The molecule has 0 saturated heterocycles. The quantitative estimate of drug-likeness (QED) is 0.444. The molecule has 0 spiro atoms. The number of nitrogens with zero attached hydrogens (tertiary/aromatic N) is 2. The highest BCUT2D eigenvalue weighted by Crippen LogP contribution is 2.39. The lowest BCUT2D eigenvalue weighted by Gasteiger charge is -2.38. The van der Waals surface area contributed by atoms with Crippen LogP contribution in [0.15, 0.2) is 64.9 Å². The van der Waals surface area contributed by atoms with Crippen LogP contribution in [0.2, 0.25) is 0 Å². The number of thiophene rings is 1. The Balaban J connectivity index is 1.69. The van der Waals surface area contributed by atoms with Gasteiger partial charge in [0.2, 0.25) is 15.9 Å². The lowest BCUT2D eigenvalue weighted by molar-refractivity contribution is -0.133. The first-order chi connectivity index (χ1) is 16.2. The normalized spacial score (nSPS) is 17.0. The molecule has 0 N–H and O–H groups in total. The van der Waals surface area contributed by atoms with E-state index in [0.29, 0.717) is 13.0 Å². The Morgan fingerprint density at radius 3 is 2.47 bits per heavy atom. The van der Waals surface area contributed by atoms with E-state index >= 15 is 0 Å². The van der Waals surface area contributed by atoms with Gasteiger partial charge in [0.25, 0.3) is 0 Å². The number of hydrogen-bond acceptors (Lipinski definition) is 4. The van der Waals surface area contributed by atoms with Crippen molar-refractivity contribution in [3.05, 3.63) is 87.1 Å². The number of aryl methyl sites for hydroxylation is 2. The van der Waals surface area contributed by atoms with Crippen LogP contribution in [0.3, 0.4) is 0 Å². The van der Waals surface area contributed by atoms with Crippen LogP contribution in [0, 0.1) is 13.8 Å². The average Bonchev–Trinajstić information content (AvgIpc) is 3.31. The van der Waals surface area contributed by atoms with Gasteiger partial charge in [0, 0.05) is 17.5 Å². The lowest BCUT2D eigenvalue weighted by Crippen LogP contribution is -2.49. The first-order valence-electron chi connectivity index (χ1n) is 11.7. The summed E-state index contributed by atoms with van der Waals surface area (Å²) in [4.78, 5) is 17.2. The standard InChI is InChI=1S/C27H32N2O3S2/c1-5-21(4)29(34(31,32)22-12-10-19(2)11-13-22)18-26(30)28-16-14-25-24(15-17-33-25)27(28)23-9-7-6-8-20(23)3/h6-13,15,17,21,27H,5,14,16,18H2,1-4H3. The Hall–Kier alpha value is -2.48. The SMILES string of the molecule is CCC(C)N(CC(=O)N1CCc2sccc2C1c1ccccc1C)S(=O)(=O)c1ccc(C)cc1. The number of benzene rings is 2. The topological polar surface area (TPSA) is 57.7 Å². The van der Waals surface area contributed by atoms with Gasteiger partial charge >= 0.3 is 0 Å². The molecule has 1 aromatic heterocycles. The minimum absolute atomic E-state index is 0.166. The maximum absolute atomic E-state index is 13.8. The van der Waals surface area contributed by atoms with Crippen LogP contribution in [0.25, 0.3) is 0 Å². The number of carbonyl (C=O) groups excluding carboxylic acids is 1. The number of sulfonamides is 1. The van der Waals surface area contributed by atoms with Crippen molar-refractivity contribution in [3.8, 4) is 0 Å². The fourth-order valence-corrected chi connectivity index (χ4v) is 7.12. The Labute approximate surface area is 207 Å². The zero-order valence-corrected chi connectivity index (χ0v) is 21.8. The highest BCUT2D eigenvalue weighted by molar-refractivity contribution is 7.89. The molecular weight excluding hydrogens is 464 g/mol. The van der Waals surface area contributed by atoms with Gasteiger partial charge in [0.05, 0.1) is 17.5 Å². The molecule has 0 fully saturated rings. The largest absolute Gasteiger partial charge is 0.330 e. The van der Waals surface area contributed by atoms with Crippen molar-refractivity contribution >= 4 is 27.3 Å². The Kier molecular flexibility index (Phi) is 7.26. The van der Waals surface area contributed by atoms with Crippen LogP contribution in [-0.2, 0) is 21.2 Å². The van der Waals surface area contributed by atoms with Gasteiger partial charge in [-0.15, -0.1) is 11.3 Å². The number of carbonyl (C=O) groups is 1. The number of rotatable bonds is 7. The summed E-state index contributed by atoms with van der Waals surface area (Å²) in [5, 5.41) is 2.08. The summed E-state index contributed by atoms with van der Waals surface area (Å²) >= 11 is 1.72. The first-order valence-corrected chi connectivity index (χ1v) is 14.1. The fraction of sp³-hybridized carbons (Fsp3) is 0.370. The van der Waals surface area contributed by atoms with Crippen molar-refractivity contribution in [2.45, 2.75) is 57.5 Å². The molecule has 3 aromatic rings. The van der Waals surface area contributed by atoms with Crippen molar-refractivity contribution in [1.29, 1.82) is 0 Å². The van der Waals surface area contributed by atoms with Crippen molar-refractivity contribution in [3.63, 3.8) is 0 Å². The molecule has 180 valence electrons. The predicted molar refractivity (Wildman–Crippen MR) is 138 cm³/mol. The van der Waals surface area contributed by atoms with Gasteiger partial charge < -0.3 is 4.90 Å². The van der Waals surface area contributed by atoms with Gasteiger partial charge in [-0.1, -0.05) is 48.9 Å². The van der Waals surface area contributed by atoms with Crippen LogP contribution < -0.4 is 0 Å². The van der Waals surface area contributed by atoms with Gasteiger partial charge in [-0.25, -0.2) is 8.42 Å². The van der Waals surface area contributed by atoms with Crippen LogP contribution in [0.4, 0.5) is 0 Å². The summed E-state index contributed by atoms with van der Waals surface area (Å²) in [5.41, 5.74) is 4.35. The summed E-state index contributed by atoms with van der Waals surface area (Å²) in [6.45, 7) is 8.20. The zero-order chi connectivity index (χ0) is 24.5. The first kappa shape index (κ1) is 24.6. The van der Waals surface area contributed by atoms with Gasteiger partial charge in [-0.3, -0.25) is 4.79 Å². The molecule has 1 aliphatic rings. The van der Waals surface area contributed by atoms with E-state index in [0.717, 1.165) is 28.7 Å². The Morgan fingerprint density at radius 2 is 1.79 bits per heavy atom. The van der Waals surface area contributed by atoms with Crippen LogP contribution >= 0.6 is 11.3 Å². The second-order valence-electron chi connectivity index (χ2n) is 9.02. The third kappa shape index (κ3) is 4.69. The van der Waals surface area contributed by atoms with Crippen molar-refractivity contribution < 1.29 is 13.2 Å². The molecular formula is C27H32N2O3S2. The van der Waals surface area contributed by atoms with E-state index in [1.165, 1.54) is 9.18 Å². The molecule has 4 rings (SSSR count). The molecule has 0 bridgehead atoms. The molecule has 5 nitrogen and oxygen atoms in total. The molecule has 7 heteroatoms. The average molecular weight is 497 g/mol. The summed E-state index contributed by atoms with van der Waals surface area (Å²) in [5.74, 6) is -0.166. The maximum Gasteiger partial charge on any atom is 0.243 e. The van der Waals surface area contributed by atoms with Gasteiger partial charge in [-0.05, 0) is 73.9 Å². The van der Waals surface area contributed by atoms with E-state index in [2.05, 4.69) is 30.5 Å². The monoisotopic (exact) mass is 496 g/mol. The molecule has 0 saturated carbocycles. The minimum atomic E-state index is -3.81. The van der Waals surface area contributed by atoms with Gasteiger partial charge in [-0.2, -0.15) is 4.31 Å². The highest BCUT2D eigenvalue weighted by Gasteiger charge is 2.37. The molecule has 1 aliphatic heterocycles. The molecule has 1 amide bonds. The van der Waals surface area contributed by atoms with E-state index in [1.807, 2.05) is 37.8 Å². The third-order valence-corrected chi connectivity index (χ3v) is 9.74. The number of fused-ring (bicyclic) bond motifs is 1. The van der Waals surface area contributed by atoms with E-state index in [9.17, 15) is 13.2 Å². The highest BCUT2D eigenvalue weighted by atomic mass is 32.2. The van der Waals surface area contributed by atoms with E-state index in [1.54, 1.807) is 35.6 Å². The summed E-state index contributed by atoms with van der Waals surface area (Å²) in [6, 6.07) is 16.6. The predicted octanol–water partition coefficient (Wildman–Crippen LogP) is 5.33. The van der Waals surface area contributed by atoms with Crippen molar-refractivity contribution in [2.75, 3.05) is 13.1 Å². The smallest absolute Gasteiger partial charge is 0.243 e. The summed E-state index contributed by atoms with van der Waals surface area (Å²) < 4.78 is 28.5. The molecule has 0 aliphatic carbocycles. The van der Waals surface area contributed by atoms with Crippen molar-refractivity contribution in [1.82, 2.24) is 9.21 Å². The minimum Gasteiger partial charge on any atom is -0.330 e. The molecule has 2 atom stereocenters. The second-order valence-corrected chi connectivity index (χ2v) is 11.9. The molecule has 34 heavy (non-hydrogen) atoms. The Bertz CT molecular complexity index is 1270. The lowest BCUT2D eigenvalue weighted by atomic mass is 9.90. The van der Waals surface area contributed by atoms with Crippen LogP contribution in [0.5, 0.6) is 0 Å². The molecule has 2 heterocycles. The maximum atomic E-state index is 13.8. The second kappa shape index (κ2) is 10.0. The van der Waals surface area contributed by atoms with Crippen LogP contribution in [0.1, 0.15) is 53.4 Å². The molecule has 0 radical (unpaired) electrons. The van der Waals surface area contributed by atoms with Crippen LogP contribution in [-0.4, -0.2) is 42.7 Å². The third-order valence-electron chi connectivity index (χ3n) is 6.77. The van der Waals surface area contributed by atoms with E-state index in [-0.39, 0.29) is 29.4 Å². The van der Waals surface area contributed by atoms with Crippen molar-refractivity contribution in [2.24, 2.45) is 0 Å². The Morgan fingerprint density at radius 1 is 1.09 bits per heavy atom. The van der Waals surface area contributed by atoms with Gasteiger partial charge in [0.15, 0.2) is 0 Å². The van der Waals surface area contributed by atoms with E-state index in [4.69, 9.17) is 0 Å². The molecule has 2 unspecified atom stereocenters. The number of hydrogen-bond donors (Lipinski definition) is 0. The van der Waals surface area contributed by atoms with Gasteiger partial charge in [0.1, 0.15) is 0 Å². The zero-order valence-electron chi connectivity index (χ0n) is 20.2. The number of amides is 1. The summed E-state index contributed by atoms with van der Waals surface area (Å²) in [6.07, 6.45) is 1.41. The fourth-order valence-electron chi connectivity index (χ4n) is 4.57. The summed E-state index contributed by atoms with van der Waals surface area (Å²) in [7, 11) is -3.81.